The maximum Gasteiger partial charge on any atom is 0.316 e. The Labute approximate surface area is 94.4 Å². The number of aryl methyl sites for hydroxylation is 1. The lowest BCUT2D eigenvalue weighted by Gasteiger charge is -2.20. The first-order valence-electron chi connectivity index (χ1n) is 5.46. The lowest BCUT2D eigenvalue weighted by atomic mass is 9.91. The van der Waals surface area contributed by atoms with Gasteiger partial charge in [0.1, 0.15) is 0 Å². The number of rotatable bonds is 2. The van der Waals surface area contributed by atoms with Crippen molar-refractivity contribution in [2.24, 2.45) is 5.92 Å². The van der Waals surface area contributed by atoms with Crippen LogP contribution >= 0.6 is 0 Å². The number of hydrogen-bond acceptors (Lipinski definition) is 3. The molecule has 1 aromatic rings. The Morgan fingerprint density at radius 3 is 2.75 bits per heavy atom. The maximum absolute atomic E-state index is 11.5. The average Bonchev–Trinajstić information content (AvgIpc) is 2.25. The zero-order valence-corrected chi connectivity index (χ0v) is 9.23. The van der Waals surface area contributed by atoms with Gasteiger partial charge in [0, 0.05) is 6.42 Å². The van der Waals surface area contributed by atoms with Crippen LogP contribution in [0.3, 0.4) is 0 Å². The molecule has 16 heavy (non-hydrogen) atoms. The molecule has 1 atom stereocenters. The molecule has 84 valence electrons. The van der Waals surface area contributed by atoms with E-state index in [0.717, 1.165) is 5.56 Å². The summed E-state index contributed by atoms with van der Waals surface area (Å²) in [6.45, 7) is 2.02. The molecule has 0 spiro atoms. The smallest absolute Gasteiger partial charge is 0.316 e. The fourth-order valence-corrected chi connectivity index (χ4v) is 1.95. The largest absolute Gasteiger partial charge is 0.393 e. The van der Waals surface area contributed by atoms with E-state index in [4.69, 9.17) is 0 Å². The van der Waals surface area contributed by atoms with Gasteiger partial charge in [-0.05, 0) is 30.9 Å². The minimum Gasteiger partial charge on any atom is -0.393 e. The summed E-state index contributed by atoms with van der Waals surface area (Å²) in [5.74, 6) is -0.940. The van der Waals surface area contributed by atoms with Crippen LogP contribution in [0.15, 0.2) is 24.3 Å². The highest BCUT2D eigenvalue weighted by Gasteiger charge is 2.29. The van der Waals surface area contributed by atoms with E-state index in [1.54, 1.807) is 0 Å². The van der Waals surface area contributed by atoms with Crippen molar-refractivity contribution in [3.63, 3.8) is 0 Å². The van der Waals surface area contributed by atoms with E-state index in [2.05, 4.69) is 4.74 Å². The third kappa shape index (κ3) is 2.30. The summed E-state index contributed by atoms with van der Waals surface area (Å²) in [6, 6.07) is 7.97. The number of ether oxygens (including phenoxy) is 1. The van der Waals surface area contributed by atoms with E-state index >= 15 is 0 Å². The summed E-state index contributed by atoms with van der Waals surface area (Å²) in [4.78, 5) is 22.4. The van der Waals surface area contributed by atoms with Crippen molar-refractivity contribution in [2.45, 2.75) is 26.2 Å². The monoisotopic (exact) mass is 218 g/mol. The Kier molecular flexibility index (Phi) is 3.04. The minimum atomic E-state index is -0.397. The highest BCUT2D eigenvalue weighted by atomic mass is 16.6. The molecule has 0 N–H and O–H groups in total. The van der Waals surface area contributed by atoms with Crippen LogP contribution < -0.4 is 0 Å². The molecule has 1 aliphatic heterocycles. The second-order valence-corrected chi connectivity index (χ2v) is 4.16. The van der Waals surface area contributed by atoms with Crippen molar-refractivity contribution in [1.82, 2.24) is 0 Å². The molecule has 0 amide bonds. The first-order valence-corrected chi connectivity index (χ1v) is 5.46. The van der Waals surface area contributed by atoms with Gasteiger partial charge in [0.25, 0.3) is 0 Å². The maximum atomic E-state index is 11.5. The van der Waals surface area contributed by atoms with Gasteiger partial charge in [-0.3, -0.25) is 9.59 Å². The topological polar surface area (TPSA) is 43.4 Å². The van der Waals surface area contributed by atoms with Crippen LogP contribution in [-0.2, 0) is 20.7 Å². The van der Waals surface area contributed by atoms with Gasteiger partial charge in [-0.25, -0.2) is 0 Å². The second kappa shape index (κ2) is 4.47. The van der Waals surface area contributed by atoms with Crippen LogP contribution in [0.2, 0.25) is 0 Å². The molecule has 1 unspecified atom stereocenters. The lowest BCUT2D eigenvalue weighted by molar-refractivity contribution is -0.167. The Balaban J connectivity index is 2.08. The van der Waals surface area contributed by atoms with E-state index in [1.807, 2.05) is 31.2 Å². The van der Waals surface area contributed by atoms with Gasteiger partial charge >= 0.3 is 11.9 Å². The molecule has 1 fully saturated rings. The van der Waals surface area contributed by atoms with Crippen molar-refractivity contribution < 1.29 is 14.3 Å². The molecule has 1 aliphatic rings. The predicted octanol–water partition coefficient (Wildman–Crippen LogP) is 2.02. The number of cyclic esters (lactones) is 2. The summed E-state index contributed by atoms with van der Waals surface area (Å²) < 4.78 is 4.63. The van der Waals surface area contributed by atoms with Crippen molar-refractivity contribution in [2.75, 3.05) is 0 Å². The number of benzene rings is 1. The fraction of sp³-hybridized carbons (Fsp3) is 0.385. The molecule has 0 saturated carbocycles. The van der Waals surface area contributed by atoms with Crippen molar-refractivity contribution in [3.8, 4) is 0 Å². The van der Waals surface area contributed by atoms with E-state index in [1.165, 1.54) is 5.56 Å². The molecule has 2 rings (SSSR count). The molecule has 3 heteroatoms. The third-order valence-electron chi connectivity index (χ3n) is 2.97. The lowest BCUT2D eigenvalue weighted by Crippen LogP contribution is -2.29. The van der Waals surface area contributed by atoms with Crippen LogP contribution in [0.25, 0.3) is 0 Å². The summed E-state index contributed by atoms with van der Waals surface area (Å²) in [6.07, 6.45) is 1.62. The normalized spacial score (nSPS) is 20.7. The molecule has 0 bridgehead atoms. The van der Waals surface area contributed by atoms with Crippen LogP contribution in [0, 0.1) is 12.8 Å². The molecule has 1 saturated heterocycles. The summed E-state index contributed by atoms with van der Waals surface area (Å²) in [7, 11) is 0. The molecule has 1 heterocycles. The molecular formula is C13H14O3. The quantitative estimate of drug-likeness (QED) is 0.563. The van der Waals surface area contributed by atoms with E-state index < -0.39 is 5.97 Å². The molecule has 0 aliphatic carbocycles. The Morgan fingerprint density at radius 2 is 2.06 bits per heavy atom. The highest BCUT2D eigenvalue weighted by Crippen LogP contribution is 2.22. The van der Waals surface area contributed by atoms with Gasteiger partial charge in [0.2, 0.25) is 0 Å². The Hall–Kier alpha value is -1.64. The molecule has 1 aromatic carbocycles. The average molecular weight is 218 g/mol. The van der Waals surface area contributed by atoms with Crippen LogP contribution in [0.1, 0.15) is 24.0 Å². The summed E-state index contributed by atoms with van der Waals surface area (Å²) in [5.41, 5.74) is 2.32. The molecule has 3 nitrogen and oxygen atoms in total. The van der Waals surface area contributed by atoms with E-state index in [9.17, 15) is 9.59 Å². The van der Waals surface area contributed by atoms with Gasteiger partial charge in [0.15, 0.2) is 0 Å². The van der Waals surface area contributed by atoms with Crippen molar-refractivity contribution in [3.05, 3.63) is 35.4 Å². The van der Waals surface area contributed by atoms with Gasteiger partial charge < -0.3 is 4.74 Å². The van der Waals surface area contributed by atoms with Crippen molar-refractivity contribution >= 4 is 11.9 Å². The Morgan fingerprint density at radius 1 is 1.31 bits per heavy atom. The van der Waals surface area contributed by atoms with E-state index in [-0.39, 0.29) is 11.9 Å². The third-order valence-corrected chi connectivity index (χ3v) is 2.97. The molecule has 0 radical (unpaired) electrons. The predicted molar refractivity (Wildman–Crippen MR) is 58.7 cm³/mol. The van der Waals surface area contributed by atoms with Gasteiger partial charge in [-0.2, -0.15) is 0 Å². The SMILES string of the molecule is Cc1ccccc1CC1CCC(=O)OC1=O. The summed E-state index contributed by atoms with van der Waals surface area (Å²) in [5, 5.41) is 0. The highest BCUT2D eigenvalue weighted by molar-refractivity contribution is 5.89. The van der Waals surface area contributed by atoms with Gasteiger partial charge in [-0.1, -0.05) is 24.3 Å². The van der Waals surface area contributed by atoms with Crippen LogP contribution in [0.4, 0.5) is 0 Å². The van der Waals surface area contributed by atoms with E-state index in [0.29, 0.717) is 19.3 Å². The van der Waals surface area contributed by atoms with Gasteiger partial charge in [0.05, 0.1) is 5.92 Å². The molecular weight excluding hydrogens is 204 g/mol. The zero-order valence-electron chi connectivity index (χ0n) is 9.23. The van der Waals surface area contributed by atoms with Gasteiger partial charge in [-0.15, -0.1) is 0 Å². The minimum absolute atomic E-state index is 0.168. The molecule has 0 aromatic heterocycles. The zero-order chi connectivity index (χ0) is 11.5. The number of carbonyl (C=O) groups excluding carboxylic acids is 2. The summed E-state index contributed by atoms with van der Waals surface area (Å²) >= 11 is 0. The Bertz CT molecular complexity index is 423. The number of hydrogen-bond donors (Lipinski definition) is 0. The first-order chi connectivity index (χ1) is 7.66. The number of esters is 2. The van der Waals surface area contributed by atoms with Crippen LogP contribution in [-0.4, -0.2) is 11.9 Å². The fourth-order valence-electron chi connectivity index (χ4n) is 1.95. The second-order valence-electron chi connectivity index (χ2n) is 4.16. The first kappa shape index (κ1) is 10.9. The number of carbonyl (C=O) groups is 2. The van der Waals surface area contributed by atoms with Crippen molar-refractivity contribution in [1.29, 1.82) is 0 Å². The van der Waals surface area contributed by atoms with Crippen LogP contribution in [0.5, 0.6) is 0 Å². The standard InChI is InChI=1S/C13H14O3/c1-9-4-2-3-5-10(9)8-11-6-7-12(14)16-13(11)15/h2-5,11H,6-8H2,1H3.